The standard InChI is InChI=1S/C25H37N3O4S2/c1-4-26-25-19-24(33(3,29)30)16-18-28(25)17-15-22(21-11-7-5-8-12-21)20-27(2)34(31,32)23-13-9-6-10-14-23/h5-14,22,24-26H,4,15-20H2,1-3H3/t22?,24-,25+/m1/s1. The molecule has 0 bridgehead atoms. The minimum absolute atomic E-state index is 0.000629. The second-order valence-electron chi connectivity index (χ2n) is 9.08. The summed E-state index contributed by atoms with van der Waals surface area (Å²) in [7, 11) is -5.02. The molecule has 1 unspecified atom stereocenters. The van der Waals surface area contributed by atoms with E-state index in [1.54, 1.807) is 37.4 Å². The molecule has 0 radical (unpaired) electrons. The molecule has 0 saturated carbocycles. The van der Waals surface area contributed by atoms with Gasteiger partial charge in [0.15, 0.2) is 0 Å². The van der Waals surface area contributed by atoms with Crippen LogP contribution in [0.15, 0.2) is 65.6 Å². The third kappa shape index (κ3) is 6.88. The van der Waals surface area contributed by atoms with Gasteiger partial charge < -0.3 is 5.32 Å². The quantitative estimate of drug-likeness (QED) is 0.503. The van der Waals surface area contributed by atoms with Crippen molar-refractivity contribution in [2.45, 2.75) is 48.4 Å². The molecule has 1 aliphatic heterocycles. The Morgan fingerprint density at radius 1 is 1.03 bits per heavy atom. The molecule has 188 valence electrons. The van der Waals surface area contributed by atoms with E-state index >= 15 is 0 Å². The molecule has 1 fully saturated rings. The Kier molecular flexibility index (Phi) is 9.28. The van der Waals surface area contributed by atoms with Gasteiger partial charge in [-0.15, -0.1) is 0 Å². The van der Waals surface area contributed by atoms with Crippen LogP contribution in [-0.2, 0) is 19.9 Å². The Bertz CT molecular complexity index is 1110. The first-order valence-corrected chi connectivity index (χ1v) is 15.2. The fourth-order valence-corrected chi connectivity index (χ4v) is 6.98. The van der Waals surface area contributed by atoms with E-state index in [9.17, 15) is 16.8 Å². The highest BCUT2D eigenvalue weighted by atomic mass is 32.2. The summed E-state index contributed by atoms with van der Waals surface area (Å²) < 4.78 is 51.9. The van der Waals surface area contributed by atoms with Crippen molar-refractivity contribution in [1.82, 2.24) is 14.5 Å². The maximum absolute atomic E-state index is 13.1. The first kappa shape index (κ1) is 26.8. The molecule has 2 aromatic carbocycles. The van der Waals surface area contributed by atoms with Gasteiger partial charge in [0.25, 0.3) is 0 Å². The Balaban J connectivity index is 1.74. The van der Waals surface area contributed by atoms with Crippen LogP contribution in [0.2, 0.25) is 0 Å². The molecule has 1 heterocycles. The van der Waals surface area contributed by atoms with Crippen molar-refractivity contribution in [1.29, 1.82) is 0 Å². The predicted molar refractivity (Wildman–Crippen MR) is 137 cm³/mol. The van der Waals surface area contributed by atoms with Crippen LogP contribution in [-0.4, -0.2) is 76.9 Å². The first-order valence-electron chi connectivity index (χ1n) is 11.9. The fraction of sp³-hybridized carbons (Fsp3) is 0.520. The van der Waals surface area contributed by atoms with Crippen LogP contribution in [0.3, 0.4) is 0 Å². The zero-order valence-electron chi connectivity index (χ0n) is 20.3. The van der Waals surface area contributed by atoms with Gasteiger partial charge in [-0.25, -0.2) is 21.1 Å². The van der Waals surface area contributed by atoms with Gasteiger partial charge in [0.05, 0.1) is 16.3 Å². The number of sulfone groups is 1. The Hall–Kier alpha value is -1.78. The molecule has 34 heavy (non-hydrogen) atoms. The Labute approximate surface area is 205 Å². The summed E-state index contributed by atoms with van der Waals surface area (Å²) in [5.41, 5.74) is 1.10. The van der Waals surface area contributed by atoms with Crippen molar-refractivity contribution >= 4 is 19.9 Å². The number of nitrogens with one attached hydrogen (secondary N) is 1. The number of sulfonamides is 1. The summed E-state index contributed by atoms with van der Waals surface area (Å²) in [6.45, 7) is 4.62. The number of hydrogen-bond donors (Lipinski definition) is 1. The molecule has 3 rings (SSSR count). The van der Waals surface area contributed by atoms with Crippen molar-refractivity contribution < 1.29 is 16.8 Å². The molecule has 1 saturated heterocycles. The average molecular weight is 508 g/mol. The third-order valence-corrected chi connectivity index (χ3v) is 10.2. The molecular weight excluding hydrogens is 470 g/mol. The lowest BCUT2D eigenvalue weighted by Gasteiger charge is -2.40. The second kappa shape index (κ2) is 11.8. The number of likely N-dealkylation sites (tertiary alicyclic amines) is 1. The highest BCUT2D eigenvalue weighted by Gasteiger charge is 2.33. The SMILES string of the molecule is CCN[C@@H]1C[C@H](S(C)(=O)=O)CCN1CCC(CN(C)S(=O)(=O)c1ccccc1)c1ccccc1. The molecule has 7 nitrogen and oxygen atoms in total. The molecule has 0 aliphatic carbocycles. The van der Waals surface area contributed by atoms with E-state index in [0.717, 1.165) is 25.1 Å². The third-order valence-electron chi connectivity index (χ3n) is 6.68. The number of benzene rings is 2. The van der Waals surface area contributed by atoms with Gasteiger partial charge in [-0.2, -0.15) is 0 Å². The summed E-state index contributed by atoms with van der Waals surface area (Å²) in [4.78, 5) is 2.60. The summed E-state index contributed by atoms with van der Waals surface area (Å²) in [6, 6.07) is 18.5. The molecule has 0 spiro atoms. The van der Waals surface area contributed by atoms with Crippen LogP contribution >= 0.6 is 0 Å². The van der Waals surface area contributed by atoms with Crippen LogP contribution in [0.1, 0.15) is 37.7 Å². The minimum atomic E-state index is -3.59. The number of hydrogen-bond acceptors (Lipinski definition) is 6. The van der Waals surface area contributed by atoms with Gasteiger partial charge >= 0.3 is 0 Å². The van der Waals surface area contributed by atoms with Gasteiger partial charge in [0.1, 0.15) is 9.84 Å². The van der Waals surface area contributed by atoms with Crippen molar-refractivity contribution in [3.63, 3.8) is 0 Å². The van der Waals surface area contributed by atoms with E-state index < -0.39 is 19.9 Å². The van der Waals surface area contributed by atoms with Crippen molar-refractivity contribution in [3.8, 4) is 0 Å². The lowest BCUT2D eigenvalue weighted by molar-refractivity contribution is 0.119. The van der Waals surface area contributed by atoms with Gasteiger partial charge in [0.2, 0.25) is 10.0 Å². The van der Waals surface area contributed by atoms with Crippen LogP contribution in [0.25, 0.3) is 0 Å². The Morgan fingerprint density at radius 2 is 1.65 bits per heavy atom. The van der Waals surface area contributed by atoms with Crippen LogP contribution in [0.5, 0.6) is 0 Å². The lowest BCUT2D eigenvalue weighted by Crippen LogP contribution is -2.53. The molecule has 0 amide bonds. The molecule has 0 aromatic heterocycles. The number of likely N-dealkylation sites (N-methyl/N-ethyl adjacent to an activating group) is 1. The fourth-order valence-electron chi connectivity index (χ4n) is 4.68. The maximum Gasteiger partial charge on any atom is 0.242 e. The van der Waals surface area contributed by atoms with E-state index in [1.165, 1.54) is 10.6 Å². The second-order valence-corrected chi connectivity index (χ2v) is 13.5. The van der Waals surface area contributed by atoms with Crippen LogP contribution < -0.4 is 5.32 Å². The van der Waals surface area contributed by atoms with Crippen molar-refractivity contribution in [2.24, 2.45) is 0 Å². The number of rotatable bonds is 11. The van der Waals surface area contributed by atoms with Gasteiger partial charge in [0, 0.05) is 32.9 Å². The first-order chi connectivity index (χ1) is 16.1. The monoisotopic (exact) mass is 507 g/mol. The molecular formula is C25H37N3O4S2. The minimum Gasteiger partial charge on any atom is -0.302 e. The predicted octanol–water partition coefficient (Wildman–Crippen LogP) is 2.93. The summed E-state index contributed by atoms with van der Waals surface area (Å²) in [5, 5.41) is 3.12. The summed E-state index contributed by atoms with van der Waals surface area (Å²) >= 11 is 0. The summed E-state index contributed by atoms with van der Waals surface area (Å²) in [5.74, 6) is 0.0135. The van der Waals surface area contributed by atoms with Crippen molar-refractivity contribution in [3.05, 3.63) is 66.2 Å². The van der Waals surface area contributed by atoms with Crippen molar-refractivity contribution in [2.75, 3.05) is 39.5 Å². The largest absolute Gasteiger partial charge is 0.302 e. The smallest absolute Gasteiger partial charge is 0.242 e. The molecule has 1 aliphatic rings. The highest BCUT2D eigenvalue weighted by molar-refractivity contribution is 7.91. The maximum atomic E-state index is 13.1. The lowest BCUT2D eigenvalue weighted by atomic mass is 9.94. The van der Waals surface area contributed by atoms with E-state index in [0.29, 0.717) is 30.8 Å². The number of piperidine rings is 1. The molecule has 2 aromatic rings. The zero-order valence-corrected chi connectivity index (χ0v) is 21.9. The van der Waals surface area contributed by atoms with E-state index in [4.69, 9.17) is 0 Å². The van der Waals surface area contributed by atoms with E-state index in [-0.39, 0.29) is 17.3 Å². The Morgan fingerprint density at radius 3 is 2.24 bits per heavy atom. The topological polar surface area (TPSA) is 86.8 Å². The normalized spacial score (nSPS) is 20.9. The van der Waals surface area contributed by atoms with E-state index in [1.807, 2.05) is 37.3 Å². The average Bonchev–Trinajstić information content (AvgIpc) is 2.82. The highest BCUT2D eigenvalue weighted by Crippen LogP contribution is 2.27. The number of nitrogens with zero attached hydrogens (tertiary/aromatic N) is 2. The van der Waals surface area contributed by atoms with E-state index in [2.05, 4.69) is 10.2 Å². The molecule has 9 heteroatoms. The van der Waals surface area contributed by atoms with Crippen LogP contribution in [0, 0.1) is 0 Å². The van der Waals surface area contributed by atoms with Gasteiger partial charge in [-0.3, -0.25) is 4.90 Å². The van der Waals surface area contributed by atoms with Gasteiger partial charge in [-0.05, 0) is 49.4 Å². The molecule has 3 atom stereocenters. The zero-order chi connectivity index (χ0) is 24.8. The van der Waals surface area contributed by atoms with Gasteiger partial charge in [-0.1, -0.05) is 55.5 Å². The van der Waals surface area contributed by atoms with Crippen LogP contribution in [0.4, 0.5) is 0 Å². The molecule has 1 N–H and O–H groups in total. The summed E-state index contributed by atoms with van der Waals surface area (Å²) in [6.07, 6.45) is 3.29.